The van der Waals surface area contributed by atoms with Crippen molar-refractivity contribution < 1.29 is 4.79 Å². The zero-order valence-corrected chi connectivity index (χ0v) is 18.3. The second-order valence-electron chi connectivity index (χ2n) is 7.67. The maximum atomic E-state index is 13.0. The third kappa shape index (κ3) is 4.09. The Morgan fingerprint density at radius 1 is 1.13 bits per heavy atom. The lowest BCUT2D eigenvalue weighted by molar-refractivity contribution is 0.0682. The summed E-state index contributed by atoms with van der Waals surface area (Å²) in [6, 6.07) is 12.4. The summed E-state index contributed by atoms with van der Waals surface area (Å²) < 4.78 is 1.82. The molecular formula is C23H23Cl2N3O2. The summed E-state index contributed by atoms with van der Waals surface area (Å²) in [5.74, 6) is 1.06. The van der Waals surface area contributed by atoms with Gasteiger partial charge >= 0.3 is 0 Å². The van der Waals surface area contributed by atoms with Gasteiger partial charge in [-0.3, -0.25) is 14.2 Å². The zero-order chi connectivity index (χ0) is 21.3. The molecule has 156 valence electrons. The highest BCUT2D eigenvalue weighted by Crippen LogP contribution is 2.25. The van der Waals surface area contributed by atoms with Crippen LogP contribution in [0.15, 0.2) is 47.3 Å². The zero-order valence-electron chi connectivity index (χ0n) is 16.8. The fraction of sp³-hybridized carbons (Fsp3) is 0.348. The van der Waals surface area contributed by atoms with Gasteiger partial charge in [-0.05, 0) is 49.1 Å². The van der Waals surface area contributed by atoms with Gasteiger partial charge in [-0.1, -0.05) is 42.3 Å². The van der Waals surface area contributed by atoms with E-state index < -0.39 is 0 Å². The summed E-state index contributed by atoms with van der Waals surface area (Å²) in [5.41, 5.74) is 1.24. The first-order valence-corrected chi connectivity index (χ1v) is 11.0. The molecule has 7 heteroatoms. The van der Waals surface area contributed by atoms with E-state index in [-0.39, 0.29) is 11.5 Å². The molecule has 1 saturated heterocycles. The molecule has 30 heavy (non-hydrogen) atoms. The number of nitrogens with zero attached hydrogens (tertiary/aromatic N) is 3. The Morgan fingerprint density at radius 3 is 2.57 bits per heavy atom. The first-order valence-electron chi connectivity index (χ1n) is 10.2. The van der Waals surface area contributed by atoms with Gasteiger partial charge in [0.2, 0.25) is 0 Å². The number of hydrogen-bond donors (Lipinski definition) is 0. The van der Waals surface area contributed by atoms with E-state index in [2.05, 4.69) is 0 Å². The molecular weight excluding hydrogens is 421 g/mol. The first-order chi connectivity index (χ1) is 14.5. The summed E-state index contributed by atoms with van der Waals surface area (Å²) in [7, 11) is 0. The minimum atomic E-state index is -0.0751. The number of benzene rings is 2. The van der Waals surface area contributed by atoms with Gasteiger partial charge in [0.25, 0.3) is 11.5 Å². The van der Waals surface area contributed by atoms with Gasteiger partial charge < -0.3 is 4.90 Å². The Morgan fingerprint density at radius 2 is 1.87 bits per heavy atom. The number of carbonyl (C=O) groups is 1. The molecule has 0 bridgehead atoms. The Labute approximate surface area is 185 Å². The van der Waals surface area contributed by atoms with Gasteiger partial charge in [0, 0.05) is 31.1 Å². The predicted molar refractivity (Wildman–Crippen MR) is 120 cm³/mol. The summed E-state index contributed by atoms with van der Waals surface area (Å²) in [5, 5.41) is 1.53. The molecule has 2 aromatic carbocycles. The van der Waals surface area contributed by atoms with Gasteiger partial charge in [-0.2, -0.15) is 0 Å². The topological polar surface area (TPSA) is 55.2 Å². The van der Waals surface area contributed by atoms with Crippen LogP contribution in [0.2, 0.25) is 10.0 Å². The SMILES string of the molecule is CCc1nc2ccccc2c(=O)n1CC1CCN(C(=O)c2ccc(Cl)cc2Cl)CC1. The van der Waals surface area contributed by atoms with Crippen molar-refractivity contribution in [2.24, 2.45) is 5.92 Å². The van der Waals surface area contributed by atoms with Gasteiger partial charge in [-0.15, -0.1) is 0 Å². The first kappa shape index (κ1) is 20.9. The molecule has 0 atom stereocenters. The summed E-state index contributed by atoms with van der Waals surface area (Å²) in [6.45, 7) is 3.92. The number of aromatic nitrogens is 2. The van der Waals surface area contributed by atoms with Crippen LogP contribution in [0.4, 0.5) is 0 Å². The van der Waals surface area contributed by atoms with Crippen molar-refractivity contribution in [3.8, 4) is 0 Å². The van der Waals surface area contributed by atoms with Crippen LogP contribution in [0.5, 0.6) is 0 Å². The lowest BCUT2D eigenvalue weighted by Gasteiger charge is -2.32. The molecule has 5 nitrogen and oxygen atoms in total. The van der Waals surface area contributed by atoms with Crippen LogP contribution in [0.3, 0.4) is 0 Å². The van der Waals surface area contributed by atoms with E-state index in [1.807, 2.05) is 40.7 Å². The Hall–Kier alpha value is -2.37. The normalized spacial score (nSPS) is 15.0. The van der Waals surface area contributed by atoms with E-state index in [4.69, 9.17) is 28.2 Å². The van der Waals surface area contributed by atoms with E-state index in [1.54, 1.807) is 18.2 Å². The average molecular weight is 444 g/mol. The van der Waals surface area contributed by atoms with Crippen LogP contribution in [0.1, 0.15) is 35.9 Å². The van der Waals surface area contributed by atoms with Crippen LogP contribution < -0.4 is 5.56 Å². The number of hydrogen-bond acceptors (Lipinski definition) is 3. The van der Waals surface area contributed by atoms with Crippen molar-refractivity contribution in [2.45, 2.75) is 32.7 Å². The lowest BCUT2D eigenvalue weighted by Crippen LogP contribution is -2.40. The smallest absolute Gasteiger partial charge is 0.261 e. The summed E-state index contributed by atoms with van der Waals surface area (Å²) >= 11 is 12.1. The molecule has 2 heterocycles. The van der Waals surface area contributed by atoms with Crippen LogP contribution in [0, 0.1) is 5.92 Å². The third-order valence-corrected chi connectivity index (χ3v) is 6.31. The number of likely N-dealkylation sites (tertiary alicyclic amines) is 1. The molecule has 3 aromatic rings. The highest BCUT2D eigenvalue weighted by Gasteiger charge is 2.26. The third-order valence-electron chi connectivity index (χ3n) is 5.76. The monoisotopic (exact) mass is 443 g/mol. The van der Waals surface area contributed by atoms with Crippen LogP contribution >= 0.6 is 23.2 Å². The second kappa shape index (κ2) is 8.78. The fourth-order valence-electron chi connectivity index (χ4n) is 4.08. The largest absolute Gasteiger partial charge is 0.339 e. The maximum Gasteiger partial charge on any atom is 0.261 e. The number of rotatable bonds is 4. The molecule has 0 saturated carbocycles. The fourth-order valence-corrected chi connectivity index (χ4v) is 4.57. The molecule has 1 aromatic heterocycles. The van der Waals surface area contributed by atoms with E-state index in [1.165, 1.54) is 0 Å². The Kier molecular flexibility index (Phi) is 6.11. The van der Waals surface area contributed by atoms with Gasteiger partial charge in [0.15, 0.2) is 0 Å². The standard InChI is InChI=1S/C23H23Cl2N3O2/c1-2-21-26-20-6-4-3-5-18(20)23(30)28(21)14-15-9-11-27(12-10-15)22(29)17-8-7-16(24)13-19(17)25/h3-8,13,15H,2,9-12,14H2,1H3. The Bertz CT molecular complexity index is 1150. The molecule has 1 fully saturated rings. The number of piperidine rings is 1. The minimum Gasteiger partial charge on any atom is -0.339 e. The molecule has 0 N–H and O–H groups in total. The predicted octanol–water partition coefficient (Wildman–Crippen LogP) is 4.82. The molecule has 0 aliphatic carbocycles. The van der Waals surface area contributed by atoms with Crippen molar-refractivity contribution in [3.63, 3.8) is 0 Å². The second-order valence-corrected chi connectivity index (χ2v) is 8.52. The van der Waals surface area contributed by atoms with Gasteiger partial charge in [-0.25, -0.2) is 4.98 Å². The van der Waals surface area contributed by atoms with Crippen LogP contribution in [-0.2, 0) is 13.0 Å². The number of fused-ring (bicyclic) bond motifs is 1. The highest BCUT2D eigenvalue weighted by atomic mass is 35.5. The highest BCUT2D eigenvalue weighted by molar-refractivity contribution is 6.36. The van der Waals surface area contributed by atoms with E-state index in [9.17, 15) is 9.59 Å². The number of carbonyl (C=O) groups excluding carboxylic acids is 1. The van der Waals surface area contributed by atoms with Crippen LogP contribution in [0.25, 0.3) is 10.9 Å². The molecule has 1 amide bonds. The average Bonchev–Trinajstić information content (AvgIpc) is 2.75. The minimum absolute atomic E-state index is 0.0175. The van der Waals surface area contributed by atoms with E-state index >= 15 is 0 Å². The molecule has 1 aliphatic rings. The van der Waals surface area contributed by atoms with Crippen molar-refractivity contribution in [1.29, 1.82) is 0 Å². The van der Waals surface area contributed by atoms with Crippen molar-refractivity contribution >= 4 is 40.0 Å². The van der Waals surface area contributed by atoms with Gasteiger partial charge in [0.05, 0.1) is 21.5 Å². The molecule has 0 unspecified atom stereocenters. The Balaban J connectivity index is 1.48. The number of halogens is 2. The summed E-state index contributed by atoms with van der Waals surface area (Å²) in [4.78, 5) is 32.4. The maximum absolute atomic E-state index is 13.0. The van der Waals surface area contributed by atoms with E-state index in [0.717, 1.165) is 24.2 Å². The van der Waals surface area contributed by atoms with E-state index in [0.29, 0.717) is 53.0 Å². The number of para-hydroxylation sites is 1. The molecule has 0 spiro atoms. The molecule has 0 radical (unpaired) electrons. The van der Waals surface area contributed by atoms with Crippen molar-refractivity contribution in [3.05, 3.63) is 74.3 Å². The molecule has 1 aliphatic heterocycles. The summed E-state index contributed by atoms with van der Waals surface area (Å²) in [6.07, 6.45) is 2.37. The van der Waals surface area contributed by atoms with Crippen molar-refractivity contribution in [2.75, 3.05) is 13.1 Å². The van der Waals surface area contributed by atoms with Crippen LogP contribution in [-0.4, -0.2) is 33.4 Å². The van der Waals surface area contributed by atoms with Gasteiger partial charge in [0.1, 0.15) is 5.82 Å². The number of amides is 1. The quantitative estimate of drug-likeness (QED) is 0.580. The molecule has 4 rings (SSSR count). The number of aryl methyl sites for hydroxylation is 1. The van der Waals surface area contributed by atoms with Crippen molar-refractivity contribution in [1.82, 2.24) is 14.5 Å². The lowest BCUT2D eigenvalue weighted by atomic mass is 9.96.